The Labute approximate surface area is 95.5 Å². The van der Waals surface area contributed by atoms with Crippen molar-refractivity contribution in [1.82, 2.24) is 0 Å². The normalized spacial score (nSPS) is 10.2. The Kier molecular flexibility index (Phi) is 3.76. The fraction of sp³-hybridized carbons (Fsp3) is 0.200. The zero-order valence-corrected chi connectivity index (χ0v) is 8.49. The van der Waals surface area contributed by atoms with E-state index >= 15 is 0 Å². The summed E-state index contributed by atoms with van der Waals surface area (Å²) in [5.74, 6) is -5.57. The minimum atomic E-state index is -1.91. The lowest BCUT2D eigenvalue weighted by molar-refractivity contribution is -0.385. The minimum absolute atomic E-state index is 0.0101. The lowest BCUT2D eigenvalue weighted by Gasteiger charge is -2.18. The number of hydrogen-bond acceptors (Lipinski definition) is 6. The van der Waals surface area contributed by atoms with Gasteiger partial charge in [-0.3, -0.25) is 10.1 Å². The van der Waals surface area contributed by atoms with E-state index < -0.39 is 29.2 Å². The Bertz CT molecular complexity index is 456. The van der Waals surface area contributed by atoms with Crippen molar-refractivity contribution in [2.75, 3.05) is 0 Å². The number of nitro benzene ring substituents is 1. The summed E-state index contributed by atoms with van der Waals surface area (Å²) in [6.07, 6.45) is -0.540. The van der Waals surface area contributed by atoms with Gasteiger partial charge in [0.2, 0.25) is 0 Å². The van der Waals surface area contributed by atoms with Gasteiger partial charge < -0.3 is 19.8 Å². The molecule has 0 saturated carbocycles. The van der Waals surface area contributed by atoms with E-state index in [1.54, 1.807) is 0 Å². The Morgan fingerprint density at radius 1 is 1.18 bits per heavy atom. The van der Waals surface area contributed by atoms with Gasteiger partial charge in [-0.1, -0.05) is 18.2 Å². The van der Waals surface area contributed by atoms with Crippen LogP contribution in [0.15, 0.2) is 24.3 Å². The van der Waals surface area contributed by atoms with Crippen LogP contribution >= 0.6 is 0 Å². The van der Waals surface area contributed by atoms with Crippen molar-refractivity contribution in [3.63, 3.8) is 0 Å². The molecule has 7 nitrogen and oxygen atoms in total. The second-order valence-corrected chi connectivity index (χ2v) is 3.28. The summed E-state index contributed by atoms with van der Waals surface area (Å²) in [5.41, 5.74) is -0.323. The van der Waals surface area contributed by atoms with Crippen LogP contribution in [0.3, 0.4) is 0 Å². The number of nitro groups is 1. The number of hydrogen-bond donors (Lipinski definition) is 0. The van der Waals surface area contributed by atoms with Crippen molar-refractivity contribution in [2.24, 2.45) is 5.92 Å². The van der Waals surface area contributed by atoms with Crippen molar-refractivity contribution in [3.05, 3.63) is 39.9 Å². The van der Waals surface area contributed by atoms with E-state index in [1.165, 1.54) is 18.2 Å². The molecular weight excluding hydrogens is 230 g/mol. The summed E-state index contributed by atoms with van der Waals surface area (Å²) >= 11 is 0. The topological polar surface area (TPSA) is 123 Å². The Hall–Kier alpha value is -2.44. The van der Waals surface area contributed by atoms with Gasteiger partial charge in [-0.05, 0) is 6.42 Å². The van der Waals surface area contributed by atoms with Crippen molar-refractivity contribution >= 4 is 17.6 Å². The fourth-order valence-corrected chi connectivity index (χ4v) is 1.34. The third-order valence-electron chi connectivity index (χ3n) is 2.18. The van der Waals surface area contributed by atoms with E-state index in [-0.39, 0.29) is 11.3 Å². The molecule has 0 atom stereocenters. The van der Waals surface area contributed by atoms with Gasteiger partial charge in [0.25, 0.3) is 5.69 Å². The third-order valence-corrected chi connectivity index (χ3v) is 2.18. The van der Waals surface area contributed by atoms with Gasteiger partial charge in [0.1, 0.15) is 0 Å². The van der Waals surface area contributed by atoms with E-state index in [0.29, 0.717) is 0 Å². The average Bonchev–Trinajstić information content (AvgIpc) is 2.25. The fourth-order valence-electron chi connectivity index (χ4n) is 1.34. The van der Waals surface area contributed by atoms with Crippen molar-refractivity contribution < 1.29 is 24.7 Å². The molecule has 0 aliphatic rings. The lowest BCUT2D eigenvalue weighted by Crippen LogP contribution is -2.44. The highest BCUT2D eigenvalue weighted by molar-refractivity contribution is 5.91. The first-order chi connectivity index (χ1) is 7.93. The quantitative estimate of drug-likeness (QED) is 0.340. The summed E-state index contributed by atoms with van der Waals surface area (Å²) in [6.45, 7) is 0. The molecule has 0 bridgehead atoms. The first-order valence-electron chi connectivity index (χ1n) is 4.57. The van der Waals surface area contributed by atoms with E-state index in [4.69, 9.17) is 0 Å². The van der Waals surface area contributed by atoms with Crippen LogP contribution in [0.25, 0.3) is 0 Å². The molecule has 0 saturated heterocycles. The first kappa shape index (κ1) is 12.6. The molecule has 1 aromatic rings. The molecule has 0 N–H and O–H groups in total. The SMILES string of the molecule is O=C([O-])C(Cc1ccccc1[N+](=O)[O-])C(=O)[O-]. The molecule has 0 fully saturated rings. The second kappa shape index (κ2) is 5.06. The van der Waals surface area contributed by atoms with Gasteiger partial charge in [-0.25, -0.2) is 0 Å². The van der Waals surface area contributed by atoms with Gasteiger partial charge in [0, 0.05) is 17.5 Å². The van der Waals surface area contributed by atoms with Crippen molar-refractivity contribution in [3.8, 4) is 0 Å². The molecule has 1 rings (SSSR count). The molecule has 1 aromatic carbocycles. The van der Waals surface area contributed by atoms with Gasteiger partial charge in [0.05, 0.1) is 16.9 Å². The highest BCUT2D eigenvalue weighted by Crippen LogP contribution is 2.20. The summed E-state index contributed by atoms with van der Waals surface area (Å²) < 4.78 is 0. The first-order valence-corrected chi connectivity index (χ1v) is 4.57. The highest BCUT2D eigenvalue weighted by Gasteiger charge is 2.19. The summed E-state index contributed by atoms with van der Waals surface area (Å²) in [4.78, 5) is 31.0. The summed E-state index contributed by atoms with van der Waals surface area (Å²) in [7, 11) is 0. The number of carboxylic acids is 2. The number of carbonyl (C=O) groups is 2. The van der Waals surface area contributed by atoms with Crippen LogP contribution in [-0.4, -0.2) is 16.9 Å². The van der Waals surface area contributed by atoms with Crippen molar-refractivity contribution in [1.29, 1.82) is 0 Å². The molecule has 0 heterocycles. The molecule has 0 radical (unpaired) electrons. The van der Waals surface area contributed by atoms with Crippen LogP contribution < -0.4 is 10.2 Å². The van der Waals surface area contributed by atoms with Crippen LogP contribution in [-0.2, 0) is 16.0 Å². The number of aliphatic carboxylic acids is 2. The Balaban J connectivity index is 3.05. The van der Waals surface area contributed by atoms with Gasteiger partial charge >= 0.3 is 0 Å². The Morgan fingerprint density at radius 2 is 1.71 bits per heavy atom. The zero-order chi connectivity index (χ0) is 13.0. The number of benzene rings is 1. The van der Waals surface area contributed by atoms with Crippen LogP contribution in [0.2, 0.25) is 0 Å². The number of carbonyl (C=O) groups excluding carboxylic acids is 2. The molecule has 7 heteroatoms. The average molecular weight is 237 g/mol. The van der Waals surface area contributed by atoms with Crippen LogP contribution in [0, 0.1) is 16.0 Å². The Morgan fingerprint density at radius 3 is 2.18 bits per heavy atom. The molecule has 0 aliphatic heterocycles. The maximum Gasteiger partial charge on any atom is 0.272 e. The molecule has 90 valence electrons. The third kappa shape index (κ3) is 3.00. The number of para-hydroxylation sites is 1. The zero-order valence-electron chi connectivity index (χ0n) is 8.49. The molecule has 17 heavy (non-hydrogen) atoms. The molecule has 0 aromatic heterocycles. The molecule has 0 amide bonds. The van der Waals surface area contributed by atoms with Gasteiger partial charge in [0.15, 0.2) is 0 Å². The van der Waals surface area contributed by atoms with E-state index in [1.807, 2.05) is 0 Å². The molecule has 0 unspecified atom stereocenters. The van der Waals surface area contributed by atoms with Gasteiger partial charge in [-0.2, -0.15) is 0 Å². The number of carboxylic acid groups (broad SMARTS) is 2. The van der Waals surface area contributed by atoms with E-state index in [9.17, 15) is 29.9 Å². The van der Waals surface area contributed by atoms with Crippen LogP contribution in [0.1, 0.15) is 5.56 Å². The van der Waals surface area contributed by atoms with Crippen LogP contribution in [0.5, 0.6) is 0 Å². The second-order valence-electron chi connectivity index (χ2n) is 3.28. The molecule has 0 aliphatic carbocycles. The molecular formula is C10H7NO6-2. The highest BCUT2D eigenvalue weighted by atomic mass is 16.6. The predicted molar refractivity (Wildman–Crippen MR) is 50.3 cm³/mol. The standard InChI is InChI=1S/C10H9NO6/c12-9(13)7(10(14)15)5-6-3-1-2-4-8(6)11(16)17/h1-4,7H,5H2,(H,12,13)(H,14,15)/p-2. The monoisotopic (exact) mass is 237 g/mol. The maximum atomic E-state index is 10.6. The smallest absolute Gasteiger partial charge is 0.272 e. The summed E-state index contributed by atoms with van der Waals surface area (Å²) in [5, 5.41) is 31.7. The van der Waals surface area contributed by atoms with Crippen molar-refractivity contribution in [2.45, 2.75) is 6.42 Å². The van der Waals surface area contributed by atoms with E-state index in [2.05, 4.69) is 0 Å². The largest absolute Gasteiger partial charge is 0.549 e. The summed E-state index contributed by atoms with van der Waals surface area (Å²) in [6, 6.07) is 5.30. The van der Waals surface area contributed by atoms with E-state index in [0.717, 1.165) is 6.07 Å². The lowest BCUT2D eigenvalue weighted by atomic mass is 9.98. The number of rotatable bonds is 5. The maximum absolute atomic E-state index is 10.6. The minimum Gasteiger partial charge on any atom is -0.549 e. The van der Waals surface area contributed by atoms with Crippen LogP contribution in [0.4, 0.5) is 5.69 Å². The van der Waals surface area contributed by atoms with Gasteiger partial charge in [-0.15, -0.1) is 0 Å². The number of nitrogens with zero attached hydrogens (tertiary/aromatic N) is 1. The predicted octanol–water partition coefficient (Wildman–Crippen LogP) is -1.75. The molecule has 0 spiro atoms.